The third-order valence-corrected chi connectivity index (χ3v) is 3.81. The van der Waals surface area contributed by atoms with Crippen LogP contribution in [0.2, 0.25) is 0 Å². The highest BCUT2D eigenvalue weighted by Gasteiger charge is 2.18. The molecular weight excluding hydrogens is 268 g/mol. The standard InChI is InChI=1S/C16H18N2O3/c1-21-12-4-2-11-3-5-15(19)14(13(11)8-12)9-18-7-6-17-16(20)10-18/h2-5,8,19H,6-7,9-10H2,1H3,(H,17,20). The fourth-order valence-corrected chi connectivity index (χ4v) is 2.69. The van der Waals surface area contributed by atoms with Crippen molar-refractivity contribution in [2.24, 2.45) is 0 Å². The lowest BCUT2D eigenvalue weighted by Crippen LogP contribution is -2.47. The van der Waals surface area contributed by atoms with Crippen molar-refractivity contribution in [3.8, 4) is 11.5 Å². The van der Waals surface area contributed by atoms with Crippen LogP contribution in [0.5, 0.6) is 11.5 Å². The van der Waals surface area contributed by atoms with Gasteiger partial charge in [-0.05, 0) is 29.0 Å². The molecule has 5 heteroatoms. The number of methoxy groups -OCH3 is 1. The van der Waals surface area contributed by atoms with Gasteiger partial charge < -0.3 is 15.2 Å². The van der Waals surface area contributed by atoms with Crippen LogP contribution in [0.1, 0.15) is 5.56 Å². The number of nitrogens with one attached hydrogen (secondary N) is 1. The van der Waals surface area contributed by atoms with Gasteiger partial charge in [0.1, 0.15) is 11.5 Å². The van der Waals surface area contributed by atoms with Crippen molar-refractivity contribution in [1.29, 1.82) is 0 Å². The highest BCUT2D eigenvalue weighted by Crippen LogP contribution is 2.31. The Hall–Kier alpha value is -2.27. The molecule has 3 rings (SSSR count). The van der Waals surface area contributed by atoms with E-state index in [4.69, 9.17) is 4.74 Å². The molecule has 1 heterocycles. The number of benzene rings is 2. The van der Waals surface area contributed by atoms with Crippen LogP contribution in [0.4, 0.5) is 0 Å². The number of hydrogen-bond donors (Lipinski definition) is 2. The van der Waals surface area contributed by atoms with E-state index in [-0.39, 0.29) is 11.7 Å². The van der Waals surface area contributed by atoms with Gasteiger partial charge in [-0.1, -0.05) is 12.1 Å². The van der Waals surface area contributed by atoms with Crippen molar-refractivity contribution in [3.63, 3.8) is 0 Å². The zero-order chi connectivity index (χ0) is 14.8. The topological polar surface area (TPSA) is 61.8 Å². The summed E-state index contributed by atoms with van der Waals surface area (Å²) in [4.78, 5) is 13.5. The van der Waals surface area contributed by atoms with Crippen molar-refractivity contribution in [1.82, 2.24) is 10.2 Å². The van der Waals surface area contributed by atoms with Gasteiger partial charge in [-0.15, -0.1) is 0 Å². The molecule has 1 saturated heterocycles. The lowest BCUT2D eigenvalue weighted by atomic mass is 10.0. The van der Waals surface area contributed by atoms with Crippen LogP contribution < -0.4 is 10.1 Å². The van der Waals surface area contributed by atoms with Crippen LogP contribution in [-0.4, -0.2) is 42.7 Å². The summed E-state index contributed by atoms with van der Waals surface area (Å²) in [6.07, 6.45) is 0. The number of piperazine rings is 1. The third-order valence-electron chi connectivity index (χ3n) is 3.81. The number of carbonyl (C=O) groups is 1. The summed E-state index contributed by atoms with van der Waals surface area (Å²) in [5.74, 6) is 1.03. The molecule has 2 aromatic carbocycles. The largest absolute Gasteiger partial charge is 0.508 e. The van der Waals surface area contributed by atoms with Gasteiger partial charge in [0.25, 0.3) is 0 Å². The van der Waals surface area contributed by atoms with Gasteiger partial charge in [0, 0.05) is 25.2 Å². The first-order chi connectivity index (χ1) is 10.2. The minimum atomic E-state index is 0.0264. The Balaban J connectivity index is 1.99. The molecule has 0 radical (unpaired) electrons. The number of fused-ring (bicyclic) bond motifs is 1. The number of hydrogen-bond acceptors (Lipinski definition) is 4. The molecular formula is C16H18N2O3. The second-order valence-electron chi connectivity index (χ2n) is 5.21. The number of rotatable bonds is 3. The monoisotopic (exact) mass is 286 g/mol. The van der Waals surface area contributed by atoms with E-state index in [1.807, 2.05) is 29.2 Å². The summed E-state index contributed by atoms with van der Waals surface area (Å²) in [5.41, 5.74) is 0.834. The Bertz CT molecular complexity index is 685. The predicted octanol–water partition coefficient (Wildman–Crippen LogP) is 1.49. The quantitative estimate of drug-likeness (QED) is 0.897. The maximum absolute atomic E-state index is 11.5. The molecule has 0 saturated carbocycles. The van der Waals surface area contributed by atoms with Crippen LogP contribution >= 0.6 is 0 Å². The maximum Gasteiger partial charge on any atom is 0.234 e. The zero-order valence-electron chi connectivity index (χ0n) is 11.9. The van der Waals surface area contributed by atoms with Crippen LogP contribution in [0.3, 0.4) is 0 Å². The zero-order valence-corrected chi connectivity index (χ0v) is 11.9. The predicted molar refractivity (Wildman–Crippen MR) is 80.5 cm³/mol. The average Bonchev–Trinajstić information content (AvgIpc) is 2.50. The minimum Gasteiger partial charge on any atom is -0.508 e. The molecule has 21 heavy (non-hydrogen) atoms. The second-order valence-corrected chi connectivity index (χ2v) is 5.21. The smallest absolute Gasteiger partial charge is 0.234 e. The number of nitrogens with zero attached hydrogens (tertiary/aromatic N) is 1. The molecule has 1 aliphatic heterocycles. The van der Waals surface area contributed by atoms with Gasteiger partial charge in [-0.2, -0.15) is 0 Å². The van der Waals surface area contributed by atoms with Crippen LogP contribution in [0, 0.1) is 0 Å². The number of phenols is 1. The van der Waals surface area contributed by atoms with E-state index >= 15 is 0 Å². The minimum absolute atomic E-state index is 0.0264. The fraction of sp³-hybridized carbons (Fsp3) is 0.312. The Morgan fingerprint density at radius 2 is 2.14 bits per heavy atom. The van der Waals surface area contributed by atoms with E-state index in [0.717, 1.165) is 28.6 Å². The van der Waals surface area contributed by atoms with E-state index in [2.05, 4.69) is 5.32 Å². The Morgan fingerprint density at radius 3 is 2.90 bits per heavy atom. The molecule has 0 spiro atoms. The number of phenolic OH excluding ortho intramolecular Hbond substituents is 1. The molecule has 1 amide bonds. The first-order valence-corrected chi connectivity index (χ1v) is 6.95. The van der Waals surface area contributed by atoms with Crippen molar-refractivity contribution in [3.05, 3.63) is 35.9 Å². The highest BCUT2D eigenvalue weighted by atomic mass is 16.5. The lowest BCUT2D eigenvalue weighted by molar-refractivity contribution is -0.124. The molecule has 0 aromatic heterocycles. The SMILES string of the molecule is COc1ccc2ccc(O)c(CN3CCNC(=O)C3)c2c1. The summed E-state index contributed by atoms with van der Waals surface area (Å²) in [6.45, 7) is 2.34. The first kappa shape index (κ1) is 13.7. The summed E-state index contributed by atoms with van der Waals surface area (Å²) in [7, 11) is 1.62. The molecule has 2 aromatic rings. The number of carbonyl (C=O) groups excluding carboxylic acids is 1. The molecule has 2 N–H and O–H groups in total. The van der Waals surface area contributed by atoms with Crippen molar-refractivity contribution in [2.45, 2.75) is 6.54 Å². The van der Waals surface area contributed by atoms with E-state index in [1.54, 1.807) is 13.2 Å². The van der Waals surface area contributed by atoms with Gasteiger partial charge in [-0.3, -0.25) is 9.69 Å². The van der Waals surface area contributed by atoms with Gasteiger partial charge in [0.2, 0.25) is 5.91 Å². The van der Waals surface area contributed by atoms with E-state index in [0.29, 0.717) is 19.6 Å². The molecule has 110 valence electrons. The molecule has 1 aliphatic rings. The molecule has 0 aliphatic carbocycles. The van der Waals surface area contributed by atoms with Crippen LogP contribution in [0.15, 0.2) is 30.3 Å². The average molecular weight is 286 g/mol. The van der Waals surface area contributed by atoms with Crippen molar-refractivity contribution in [2.75, 3.05) is 26.7 Å². The van der Waals surface area contributed by atoms with Crippen molar-refractivity contribution >= 4 is 16.7 Å². The molecule has 0 bridgehead atoms. The first-order valence-electron chi connectivity index (χ1n) is 6.95. The van der Waals surface area contributed by atoms with Gasteiger partial charge in [0.15, 0.2) is 0 Å². The maximum atomic E-state index is 11.5. The van der Waals surface area contributed by atoms with E-state index in [1.165, 1.54) is 0 Å². The molecule has 1 fully saturated rings. The Kier molecular flexibility index (Phi) is 3.66. The third kappa shape index (κ3) is 2.78. The van der Waals surface area contributed by atoms with E-state index in [9.17, 15) is 9.90 Å². The summed E-state index contributed by atoms with van der Waals surface area (Å²) < 4.78 is 5.26. The number of ether oxygens (including phenoxy) is 1. The number of aromatic hydroxyl groups is 1. The van der Waals surface area contributed by atoms with Gasteiger partial charge >= 0.3 is 0 Å². The van der Waals surface area contributed by atoms with Crippen molar-refractivity contribution < 1.29 is 14.6 Å². The number of amides is 1. The second kappa shape index (κ2) is 5.61. The summed E-state index contributed by atoms with van der Waals surface area (Å²) in [5, 5.41) is 15.0. The van der Waals surface area contributed by atoms with E-state index < -0.39 is 0 Å². The van der Waals surface area contributed by atoms with Gasteiger partial charge in [0.05, 0.1) is 13.7 Å². The van der Waals surface area contributed by atoms with Gasteiger partial charge in [-0.25, -0.2) is 0 Å². The highest BCUT2D eigenvalue weighted by molar-refractivity contribution is 5.89. The molecule has 0 unspecified atom stereocenters. The Labute approximate surface area is 123 Å². The lowest BCUT2D eigenvalue weighted by Gasteiger charge is -2.27. The molecule has 0 atom stereocenters. The van der Waals surface area contributed by atoms with Crippen LogP contribution in [-0.2, 0) is 11.3 Å². The molecule has 5 nitrogen and oxygen atoms in total. The Morgan fingerprint density at radius 1 is 1.33 bits per heavy atom. The summed E-state index contributed by atoms with van der Waals surface area (Å²) in [6, 6.07) is 9.39. The fourth-order valence-electron chi connectivity index (χ4n) is 2.69. The normalized spacial score (nSPS) is 16.0. The summed E-state index contributed by atoms with van der Waals surface area (Å²) >= 11 is 0. The van der Waals surface area contributed by atoms with Crippen LogP contribution in [0.25, 0.3) is 10.8 Å².